The van der Waals surface area contributed by atoms with E-state index in [4.69, 9.17) is 0 Å². The van der Waals surface area contributed by atoms with Crippen molar-refractivity contribution < 1.29 is 4.79 Å². The van der Waals surface area contributed by atoms with Crippen LogP contribution in [-0.2, 0) is 4.79 Å². The maximum Gasteiger partial charge on any atom is 0.235 e. The van der Waals surface area contributed by atoms with E-state index in [1.807, 2.05) is 21.0 Å². The topological polar surface area (TPSA) is 44.4 Å². The lowest BCUT2D eigenvalue weighted by atomic mass is 10.2. The van der Waals surface area contributed by atoms with Crippen LogP contribution in [-0.4, -0.2) is 37.6 Å². The Hall–Kier alpha value is -0.610. The quantitative estimate of drug-likeness (QED) is 0.590. The van der Waals surface area contributed by atoms with E-state index < -0.39 is 0 Å². The van der Waals surface area contributed by atoms with Crippen LogP contribution in [0.25, 0.3) is 0 Å². The Morgan fingerprint density at radius 3 is 2.54 bits per heavy atom. The summed E-state index contributed by atoms with van der Waals surface area (Å²) in [7, 11) is 3.73. The van der Waals surface area contributed by atoms with Crippen molar-refractivity contribution in [1.82, 2.24) is 15.8 Å². The van der Waals surface area contributed by atoms with Gasteiger partial charge in [0.15, 0.2) is 0 Å². The lowest BCUT2D eigenvalue weighted by molar-refractivity contribution is -0.121. The highest BCUT2D eigenvalue weighted by Gasteiger charge is 2.05. The summed E-state index contributed by atoms with van der Waals surface area (Å²) in [6, 6.07) is 0.279. The molecule has 1 atom stereocenters. The average molecular weight is 187 g/mol. The first-order valence-electron chi connectivity index (χ1n) is 4.76. The third-order valence-corrected chi connectivity index (χ3v) is 1.68. The predicted molar refractivity (Wildman–Crippen MR) is 54.2 cm³/mol. The minimum Gasteiger partial charge on any atom is -0.352 e. The second kappa shape index (κ2) is 6.86. The van der Waals surface area contributed by atoms with Crippen molar-refractivity contribution in [2.75, 3.05) is 20.6 Å². The molecule has 0 fully saturated rings. The molecule has 2 N–H and O–H groups in total. The summed E-state index contributed by atoms with van der Waals surface area (Å²) >= 11 is 0. The van der Waals surface area contributed by atoms with Crippen LogP contribution in [0.1, 0.15) is 26.7 Å². The molecule has 1 amide bonds. The molecule has 0 radical (unpaired) electrons. The number of nitrogens with zero attached hydrogens (tertiary/aromatic N) is 1. The molecule has 0 saturated carbocycles. The van der Waals surface area contributed by atoms with Gasteiger partial charge in [-0.25, -0.2) is 5.43 Å². The van der Waals surface area contributed by atoms with E-state index >= 15 is 0 Å². The van der Waals surface area contributed by atoms with Gasteiger partial charge < -0.3 is 5.32 Å². The van der Waals surface area contributed by atoms with Crippen molar-refractivity contribution in [3.63, 3.8) is 0 Å². The zero-order valence-corrected chi connectivity index (χ0v) is 9.05. The molecule has 4 heteroatoms. The molecule has 0 aliphatic rings. The molecule has 0 bridgehead atoms. The van der Waals surface area contributed by atoms with Gasteiger partial charge in [-0.05, 0) is 13.3 Å². The molecule has 13 heavy (non-hydrogen) atoms. The molecular weight excluding hydrogens is 166 g/mol. The van der Waals surface area contributed by atoms with Gasteiger partial charge in [0.25, 0.3) is 0 Å². The van der Waals surface area contributed by atoms with Gasteiger partial charge in [0.2, 0.25) is 5.91 Å². The van der Waals surface area contributed by atoms with Crippen molar-refractivity contribution in [2.45, 2.75) is 32.7 Å². The molecule has 78 valence electrons. The number of carbonyl (C=O) groups excluding carboxylic acids is 1. The summed E-state index contributed by atoms with van der Waals surface area (Å²) in [5.74, 6) is 0.0506. The molecule has 0 aromatic rings. The van der Waals surface area contributed by atoms with Gasteiger partial charge in [-0.3, -0.25) is 9.80 Å². The second-order valence-corrected chi connectivity index (χ2v) is 3.49. The zero-order valence-electron chi connectivity index (χ0n) is 9.05. The zero-order chi connectivity index (χ0) is 10.3. The van der Waals surface area contributed by atoms with Gasteiger partial charge in [0.1, 0.15) is 0 Å². The van der Waals surface area contributed by atoms with Gasteiger partial charge in [-0.15, -0.1) is 0 Å². The monoisotopic (exact) mass is 187 g/mol. The molecular formula is C9H21N3O. The van der Waals surface area contributed by atoms with E-state index in [2.05, 4.69) is 17.7 Å². The summed E-state index contributed by atoms with van der Waals surface area (Å²) < 4.78 is 0. The minimum atomic E-state index is 0.0506. The molecule has 0 aromatic carbocycles. The van der Waals surface area contributed by atoms with Crippen molar-refractivity contribution in [3.05, 3.63) is 0 Å². The fourth-order valence-corrected chi connectivity index (χ4v) is 1.06. The Bertz CT molecular complexity index is 148. The van der Waals surface area contributed by atoms with E-state index in [9.17, 15) is 4.79 Å². The standard InChI is InChI=1S/C9H21N3O/c1-5-6-8(2)11-9(13)7-10-12(3)4/h8,10H,5-7H2,1-4H3,(H,11,13). The smallest absolute Gasteiger partial charge is 0.235 e. The Morgan fingerprint density at radius 2 is 2.08 bits per heavy atom. The minimum absolute atomic E-state index is 0.0506. The first-order chi connectivity index (χ1) is 6.06. The second-order valence-electron chi connectivity index (χ2n) is 3.49. The molecule has 0 rings (SSSR count). The first kappa shape index (κ1) is 12.4. The van der Waals surface area contributed by atoms with Crippen LogP contribution < -0.4 is 10.7 Å². The largest absolute Gasteiger partial charge is 0.352 e. The number of carbonyl (C=O) groups is 1. The van der Waals surface area contributed by atoms with Gasteiger partial charge in [-0.1, -0.05) is 13.3 Å². The van der Waals surface area contributed by atoms with Crippen molar-refractivity contribution >= 4 is 5.91 Å². The molecule has 0 aliphatic heterocycles. The Kier molecular flexibility index (Phi) is 6.54. The molecule has 0 saturated heterocycles. The number of amides is 1. The van der Waals surface area contributed by atoms with Crippen LogP contribution in [0.15, 0.2) is 0 Å². The van der Waals surface area contributed by atoms with E-state index in [1.54, 1.807) is 5.01 Å². The fourth-order valence-electron chi connectivity index (χ4n) is 1.06. The fraction of sp³-hybridized carbons (Fsp3) is 0.889. The van der Waals surface area contributed by atoms with Gasteiger partial charge >= 0.3 is 0 Å². The Labute approximate surface area is 80.7 Å². The maximum atomic E-state index is 11.2. The lowest BCUT2D eigenvalue weighted by Gasteiger charge is -2.15. The summed E-state index contributed by atoms with van der Waals surface area (Å²) in [4.78, 5) is 11.2. The lowest BCUT2D eigenvalue weighted by Crippen LogP contribution is -2.43. The number of hydrogen-bond donors (Lipinski definition) is 2. The van der Waals surface area contributed by atoms with E-state index in [0.29, 0.717) is 6.54 Å². The molecule has 0 aliphatic carbocycles. The molecule has 4 nitrogen and oxygen atoms in total. The SMILES string of the molecule is CCCC(C)NC(=O)CNN(C)C. The molecule has 1 unspecified atom stereocenters. The van der Waals surface area contributed by atoms with Crippen LogP contribution in [0.2, 0.25) is 0 Å². The highest BCUT2D eigenvalue weighted by atomic mass is 16.2. The molecule has 0 spiro atoms. The van der Waals surface area contributed by atoms with E-state index in [-0.39, 0.29) is 11.9 Å². The third-order valence-electron chi connectivity index (χ3n) is 1.68. The highest BCUT2D eigenvalue weighted by molar-refractivity contribution is 5.78. The number of nitrogens with one attached hydrogen (secondary N) is 2. The van der Waals surface area contributed by atoms with E-state index in [1.165, 1.54) is 0 Å². The molecule has 0 heterocycles. The van der Waals surface area contributed by atoms with Gasteiger partial charge in [0.05, 0.1) is 6.54 Å². The Morgan fingerprint density at radius 1 is 1.46 bits per heavy atom. The Balaban J connectivity index is 3.50. The average Bonchev–Trinajstić information content (AvgIpc) is 2.01. The van der Waals surface area contributed by atoms with Crippen LogP contribution in [0.4, 0.5) is 0 Å². The van der Waals surface area contributed by atoms with Crippen molar-refractivity contribution in [1.29, 1.82) is 0 Å². The molecule has 0 aromatic heterocycles. The summed E-state index contributed by atoms with van der Waals surface area (Å²) in [6.45, 7) is 4.48. The van der Waals surface area contributed by atoms with Crippen molar-refractivity contribution in [3.8, 4) is 0 Å². The van der Waals surface area contributed by atoms with Crippen LogP contribution >= 0.6 is 0 Å². The first-order valence-corrected chi connectivity index (χ1v) is 4.76. The summed E-state index contributed by atoms with van der Waals surface area (Å²) in [5.41, 5.74) is 2.91. The number of rotatable bonds is 6. The normalized spacial score (nSPS) is 13.0. The highest BCUT2D eigenvalue weighted by Crippen LogP contribution is 1.93. The third kappa shape index (κ3) is 7.74. The maximum absolute atomic E-state index is 11.2. The van der Waals surface area contributed by atoms with Crippen LogP contribution in [0.5, 0.6) is 0 Å². The summed E-state index contributed by atoms with van der Waals surface area (Å²) in [6.07, 6.45) is 2.14. The van der Waals surface area contributed by atoms with E-state index in [0.717, 1.165) is 12.8 Å². The van der Waals surface area contributed by atoms with Crippen LogP contribution in [0.3, 0.4) is 0 Å². The number of hydrazine groups is 1. The van der Waals surface area contributed by atoms with Crippen molar-refractivity contribution in [2.24, 2.45) is 0 Å². The van der Waals surface area contributed by atoms with Gasteiger partial charge in [0, 0.05) is 20.1 Å². The van der Waals surface area contributed by atoms with Gasteiger partial charge in [-0.2, -0.15) is 0 Å². The number of hydrogen-bond acceptors (Lipinski definition) is 3. The summed E-state index contributed by atoms with van der Waals surface area (Å²) in [5, 5.41) is 4.68. The predicted octanol–water partition coefficient (Wildman–Crippen LogP) is 0.357. The van der Waals surface area contributed by atoms with Crippen LogP contribution in [0, 0.1) is 0 Å².